The SMILES string of the molecule is CC(C)c1cc(C(=O)N(C)CCc2ccccn2)c2cnn(C(C)C)c2n1. The molecule has 0 saturated heterocycles. The molecular weight excluding hydrogens is 338 g/mol. The lowest BCUT2D eigenvalue weighted by atomic mass is 10.0. The standard InChI is InChI=1S/C21H27N5O/c1-14(2)19-12-17(18-13-23-26(15(3)4)20(18)24-19)21(27)25(5)11-9-16-8-6-7-10-22-16/h6-8,10,12-15H,9,11H2,1-5H3. The third-order valence-electron chi connectivity index (χ3n) is 4.67. The third kappa shape index (κ3) is 3.99. The van der Waals surface area contributed by atoms with Crippen LogP contribution >= 0.6 is 0 Å². The van der Waals surface area contributed by atoms with E-state index in [0.29, 0.717) is 12.1 Å². The van der Waals surface area contributed by atoms with E-state index in [1.54, 1.807) is 17.3 Å². The van der Waals surface area contributed by atoms with Crippen molar-refractivity contribution in [3.8, 4) is 0 Å². The van der Waals surface area contributed by atoms with Gasteiger partial charge in [-0.05, 0) is 38.0 Å². The summed E-state index contributed by atoms with van der Waals surface area (Å²) >= 11 is 0. The van der Waals surface area contributed by atoms with Gasteiger partial charge in [0.2, 0.25) is 0 Å². The van der Waals surface area contributed by atoms with Crippen LogP contribution in [0.15, 0.2) is 36.7 Å². The van der Waals surface area contributed by atoms with Crippen LogP contribution in [0.2, 0.25) is 0 Å². The highest BCUT2D eigenvalue weighted by Crippen LogP contribution is 2.25. The molecule has 1 amide bonds. The van der Waals surface area contributed by atoms with Gasteiger partial charge in [-0.2, -0.15) is 5.10 Å². The summed E-state index contributed by atoms with van der Waals surface area (Å²) in [5.74, 6) is 0.221. The zero-order chi connectivity index (χ0) is 19.6. The van der Waals surface area contributed by atoms with Gasteiger partial charge in [0.1, 0.15) is 0 Å². The number of pyridine rings is 2. The molecule has 3 aromatic heterocycles. The van der Waals surface area contributed by atoms with E-state index < -0.39 is 0 Å². The summed E-state index contributed by atoms with van der Waals surface area (Å²) in [4.78, 5) is 24.0. The predicted molar refractivity (Wildman–Crippen MR) is 107 cm³/mol. The maximum absolute atomic E-state index is 13.2. The van der Waals surface area contributed by atoms with Gasteiger partial charge in [-0.3, -0.25) is 9.78 Å². The van der Waals surface area contributed by atoms with Gasteiger partial charge in [-0.15, -0.1) is 0 Å². The lowest BCUT2D eigenvalue weighted by molar-refractivity contribution is 0.0798. The molecule has 3 rings (SSSR count). The van der Waals surface area contributed by atoms with Crippen LogP contribution in [-0.2, 0) is 6.42 Å². The largest absolute Gasteiger partial charge is 0.341 e. The first-order chi connectivity index (χ1) is 12.9. The molecular formula is C21H27N5O. The van der Waals surface area contributed by atoms with E-state index >= 15 is 0 Å². The van der Waals surface area contributed by atoms with Crippen LogP contribution in [-0.4, -0.2) is 44.1 Å². The molecule has 0 aromatic carbocycles. The first-order valence-electron chi connectivity index (χ1n) is 9.42. The molecule has 3 aromatic rings. The van der Waals surface area contributed by atoms with Gasteiger partial charge >= 0.3 is 0 Å². The van der Waals surface area contributed by atoms with E-state index in [0.717, 1.165) is 28.8 Å². The van der Waals surface area contributed by atoms with Crippen LogP contribution < -0.4 is 0 Å². The average molecular weight is 365 g/mol. The molecule has 0 aliphatic rings. The van der Waals surface area contributed by atoms with Crippen LogP contribution in [0.3, 0.4) is 0 Å². The molecule has 0 aliphatic heterocycles. The van der Waals surface area contributed by atoms with Crippen molar-refractivity contribution >= 4 is 16.9 Å². The molecule has 0 aliphatic carbocycles. The van der Waals surface area contributed by atoms with Crippen LogP contribution in [0.25, 0.3) is 11.0 Å². The number of amides is 1. The Balaban J connectivity index is 1.93. The Morgan fingerprint density at radius 3 is 2.63 bits per heavy atom. The van der Waals surface area contributed by atoms with Gasteiger partial charge in [0, 0.05) is 43.6 Å². The maximum atomic E-state index is 13.2. The Kier molecular flexibility index (Phi) is 5.54. The minimum Gasteiger partial charge on any atom is -0.341 e. The summed E-state index contributed by atoms with van der Waals surface area (Å²) in [5, 5.41) is 5.27. The molecule has 0 fully saturated rings. The molecule has 27 heavy (non-hydrogen) atoms. The average Bonchev–Trinajstić information content (AvgIpc) is 3.09. The Labute approximate surface area is 160 Å². The smallest absolute Gasteiger partial charge is 0.254 e. The molecule has 3 heterocycles. The lowest BCUT2D eigenvalue weighted by Gasteiger charge is -2.19. The summed E-state index contributed by atoms with van der Waals surface area (Å²) < 4.78 is 1.88. The summed E-state index contributed by atoms with van der Waals surface area (Å²) in [5.41, 5.74) is 3.33. The third-order valence-corrected chi connectivity index (χ3v) is 4.67. The lowest BCUT2D eigenvalue weighted by Crippen LogP contribution is -2.29. The van der Waals surface area contributed by atoms with Crippen LogP contribution in [0.4, 0.5) is 0 Å². The van der Waals surface area contributed by atoms with Crippen molar-refractivity contribution in [2.75, 3.05) is 13.6 Å². The van der Waals surface area contributed by atoms with Crippen molar-refractivity contribution in [2.24, 2.45) is 0 Å². The second-order valence-electron chi connectivity index (χ2n) is 7.47. The zero-order valence-corrected chi connectivity index (χ0v) is 16.7. The van der Waals surface area contributed by atoms with Gasteiger partial charge in [0.15, 0.2) is 5.65 Å². The normalized spacial score (nSPS) is 11.5. The van der Waals surface area contributed by atoms with Crippen molar-refractivity contribution in [3.63, 3.8) is 0 Å². The molecule has 0 radical (unpaired) electrons. The highest BCUT2D eigenvalue weighted by atomic mass is 16.2. The van der Waals surface area contributed by atoms with Gasteiger partial charge < -0.3 is 4.90 Å². The van der Waals surface area contributed by atoms with E-state index in [2.05, 4.69) is 37.8 Å². The number of rotatable bonds is 6. The van der Waals surface area contributed by atoms with E-state index in [9.17, 15) is 4.79 Å². The fourth-order valence-electron chi connectivity index (χ4n) is 3.02. The first kappa shape index (κ1) is 19.0. The first-order valence-corrected chi connectivity index (χ1v) is 9.42. The Bertz CT molecular complexity index is 930. The van der Waals surface area contributed by atoms with E-state index in [4.69, 9.17) is 4.98 Å². The minimum absolute atomic E-state index is 0.0106. The Hall–Kier alpha value is -2.76. The summed E-state index contributed by atoms with van der Waals surface area (Å²) in [6, 6.07) is 7.94. The summed E-state index contributed by atoms with van der Waals surface area (Å²) in [6.07, 6.45) is 4.25. The van der Waals surface area contributed by atoms with Crippen LogP contribution in [0.5, 0.6) is 0 Å². The molecule has 142 valence electrons. The van der Waals surface area contributed by atoms with Crippen molar-refractivity contribution in [1.82, 2.24) is 24.6 Å². The summed E-state index contributed by atoms with van der Waals surface area (Å²) in [6.45, 7) is 8.91. The van der Waals surface area contributed by atoms with Gasteiger partial charge in [0.05, 0.1) is 17.1 Å². The monoisotopic (exact) mass is 365 g/mol. The molecule has 0 bridgehead atoms. The number of likely N-dealkylation sites (N-methyl/N-ethyl adjacent to an activating group) is 1. The number of hydrogen-bond acceptors (Lipinski definition) is 4. The molecule has 0 saturated carbocycles. The van der Waals surface area contributed by atoms with Crippen LogP contribution in [0, 0.1) is 0 Å². The number of aromatic nitrogens is 4. The van der Waals surface area contributed by atoms with E-state index in [1.165, 1.54) is 0 Å². The zero-order valence-electron chi connectivity index (χ0n) is 16.7. The van der Waals surface area contributed by atoms with Crippen LogP contribution in [0.1, 0.15) is 61.4 Å². The minimum atomic E-state index is -0.0106. The van der Waals surface area contributed by atoms with Crippen molar-refractivity contribution in [1.29, 1.82) is 0 Å². The van der Waals surface area contributed by atoms with E-state index in [-0.39, 0.29) is 17.9 Å². The van der Waals surface area contributed by atoms with Gasteiger partial charge in [-0.25, -0.2) is 9.67 Å². The van der Waals surface area contributed by atoms with Crippen molar-refractivity contribution < 1.29 is 4.79 Å². The fraction of sp³-hybridized carbons (Fsp3) is 0.429. The highest BCUT2D eigenvalue weighted by Gasteiger charge is 2.21. The summed E-state index contributed by atoms with van der Waals surface area (Å²) in [7, 11) is 1.83. The molecule has 6 heteroatoms. The number of hydrogen-bond donors (Lipinski definition) is 0. The second-order valence-corrected chi connectivity index (χ2v) is 7.47. The molecule has 6 nitrogen and oxygen atoms in total. The molecule has 0 N–H and O–H groups in total. The Morgan fingerprint density at radius 1 is 1.22 bits per heavy atom. The predicted octanol–water partition coefficient (Wildman–Crippen LogP) is 3.85. The van der Waals surface area contributed by atoms with Crippen molar-refractivity contribution in [3.05, 3.63) is 53.6 Å². The molecule has 0 spiro atoms. The molecule has 0 unspecified atom stereocenters. The highest BCUT2D eigenvalue weighted by molar-refractivity contribution is 6.05. The van der Waals surface area contributed by atoms with Gasteiger partial charge in [0.25, 0.3) is 5.91 Å². The number of carbonyl (C=O) groups is 1. The topological polar surface area (TPSA) is 63.9 Å². The Morgan fingerprint density at radius 2 is 2.00 bits per heavy atom. The van der Waals surface area contributed by atoms with E-state index in [1.807, 2.05) is 36.0 Å². The maximum Gasteiger partial charge on any atom is 0.254 e. The number of carbonyl (C=O) groups excluding carboxylic acids is 1. The second kappa shape index (κ2) is 7.86. The quantitative estimate of drug-likeness (QED) is 0.666. The number of fused-ring (bicyclic) bond motifs is 1. The van der Waals surface area contributed by atoms with Crippen molar-refractivity contribution in [2.45, 2.75) is 46.1 Å². The van der Waals surface area contributed by atoms with Gasteiger partial charge in [-0.1, -0.05) is 19.9 Å². The number of nitrogens with zero attached hydrogens (tertiary/aromatic N) is 5. The molecule has 0 atom stereocenters. The fourth-order valence-corrected chi connectivity index (χ4v) is 3.02.